The molecule has 4 aromatic rings. The minimum Gasteiger partial charge on any atom is -0.495 e. The number of halogens is 1. The molecule has 40 heavy (non-hydrogen) atoms. The van der Waals surface area contributed by atoms with Gasteiger partial charge in [-0.2, -0.15) is 0 Å². The number of thiocarbonyl (C=S) groups is 1. The number of sulfonamides is 1. The standard InChI is InChI=1S/C29H30ClN5O3S2/c1-17-14-21(10-11-23(17)33-40(5,36)37)35-28(27(32-29(35)39)24-8-6-7-13-31-24)22-15-18(2)34(19(22)3)25-16-20(30)9-12-26(25)38-4/h6-16,27-28,33H,1-5H3,(H,32,39)/t27-,28-/m1/s1. The molecule has 1 saturated heterocycles. The van der Waals surface area contributed by atoms with Gasteiger partial charge in [-0.15, -0.1) is 0 Å². The van der Waals surface area contributed by atoms with Crippen LogP contribution >= 0.6 is 23.8 Å². The molecule has 0 radical (unpaired) electrons. The van der Waals surface area contributed by atoms with E-state index in [9.17, 15) is 8.42 Å². The molecule has 0 spiro atoms. The van der Waals surface area contributed by atoms with Crippen LogP contribution in [0.4, 0.5) is 11.4 Å². The Morgan fingerprint density at radius 1 is 1.07 bits per heavy atom. The topological polar surface area (TPSA) is 88.5 Å². The zero-order valence-electron chi connectivity index (χ0n) is 22.8. The number of benzene rings is 2. The maximum Gasteiger partial charge on any atom is 0.229 e. The van der Waals surface area contributed by atoms with Crippen molar-refractivity contribution in [1.29, 1.82) is 0 Å². The largest absolute Gasteiger partial charge is 0.495 e. The Bertz CT molecular complexity index is 1710. The van der Waals surface area contributed by atoms with Gasteiger partial charge in [0.15, 0.2) is 5.11 Å². The first-order valence-corrected chi connectivity index (χ1v) is 15.3. The van der Waals surface area contributed by atoms with Crippen molar-refractivity contribution in [3.63, 3.8) is 0 Å². The summed E-state index contributed by atoms with van der Waals surface area (Å²) in [5.74, 6) is 0.709. The molecule has 2 aromatic carbocycles. The lowest BCUT2D eigenvalue weighted by Crippen LogP contribution is -2.29. The predicted octanol–water partition coefficient (Wildman–Crippen LogP) is 6.01. The summed E-state index contributed by atoms with van der Waals surface area (Å²) in [6.45, 7) is 5.99. The fraction of sp³-hybridized carbons (Fsp3) is 0.241. The van der Waals surface area contributed by atoms with Gasteiger partial charge in [0.05, 0.1) is 42.5 Å². The molecule has 2 aromatic heterocycles. The quantitative estimate of drug-likeness (QED) is 0.253. The monoisotopic (exact) mass is 595 g/mol. The molecule has 0 bridgehead atoms. The van der Waals surface area contributed by atoms with Crippen molar-refractivity contribution in [2.24, 2.45) is 0 Å². The van der Waals surface area contributed by atoms with Crippen LogP contribution in [0.1, 0.15) is 40.3 Å². The Morgan fingerprint density at radius 3 is 2.50 bits per heavy atom. The summed E-state index contributed by atoms with van der Waals surface area (Å²) < 4.78 is 34.1. The van der Waals surface area contributed by atoms with Crippen LogP contribution in [0.5, 0.6) is 5.75 Å². The molecule has 2 atom stereocenters. The van der Waals surface area contributed by atoms with Gasteiger partial charge in [0, 0.05) is 28.3 Å². The number of rotatable bonds is 7. The van der Waals surface area contributed by atoms with Gasteiger partial charge in [-0.05, 0) is 98.7 Å². The second-order valence-electron chi connectivity index (χ2n) is 9.85. The zero-order chi connectivity index (χ0) is 28.8. The second-order valence-corrected chi connectivity index (χ2v) is 12.4. The molecular formula is C29H30ClN5O3S2. The highest BCUT2D eigenvalue weighted by Crippen LogP contribution is 2.45. The van der Waals surface area contributed by atoms with Crippen molar-refractivity contribution in [2.75, 3.05) is 23.0 Å². The summed E-state index contributed by atoms with van der Waals surface area (Å²) in [4.78, 5) is 6.73. The number of methoxy groups -OCH3 is 1. The number of nitrogens with zero attached hydrogens (tertiary/aromatic N) is 3. The summed E-state index contributed by atoms with van der Waals surface area (Å²) in [5.41, 5.74) is 6.91. The number of hydrogen-bond acceptors (Lipinski definition) is 5. The van der Waals surface area contributed by atoms with Gasteiger partial charge in [0.2, 0.25) is 10.0 Å². The number of anilines is 2. The minimum atomic E-state index is -3.42. The van der Waals surface area contributed by atoms with E-state index < -0.39 is 10.0 Å². The summed E-state index contributed by atoms with van der Waals surface area (Å²) >= 11 is 12.3. The van der Waals surface area contributed by atoms with Crippen molar-refractivity contribution in [2.45, 2.75) is 32.9 Å². The van der Waals surface area contributed by atoms with Crippen LogP contribution in [-0.4, -0.2) is 36.4 Å². The highest BCUT2D eigenvalue weighted by Gasteiger charge is 2.42. The van der Waals surface area contributed by atoms with E-state index >= 15 is 0 Å². The average Bonchev–Trinajstić information content (AvgIpc) is 3.39. The first kappa shape index (κ1) is 27.9. The molecule has 0 saturated carbocycles. The Labute approximate surface area is 245 Å². The summed E-state index contributed by atoms with van der Waals surface area (Å²) in [7, 11) is -1.77. The van der Waals surface area contributed by atoms with E-state index in [-0.39, 0.29) is 12.1 Å². The van der Waals surface area contributed by atoms with Gasteiger partial charge in [-0.25, -0.2) is 8.42 Å². The number of pyridine rings is 1. The molecule has 208 valence electrons. The van der Waals surface area contributed by atoms with Crippen LogP contribution < -0.4 is 19.7 Å². The summed E-state index contributed by atoms with van der Waals surface area (Å²) in [5, 5.41) is 4.66. The van der Waals surface area contributed by atoms with Crippen LogP contribution in [0, 0.1) is 20.8 Å². The third-order valence-electron chi connectivity index (χ3n) is 7.05. The molecule has 0 unspecified atom stereocenters. The van der Waals surface area contributed by atoms with Crippen LogP contribution in [0.2, 0.25) is 5.02 Å². The second kappa shape index (κ2) is 10.8. The molecule has 1 aliphatic rings. The number of hydrogen-bond donors (Lipinski definition) is 2. The van der Waals surface area contributed by atoms with Gasteiger partial charge >= 0.3 is 0 Å². The molecule has 8 nitrogen and oxygen atoms in total. The zero-order valence-corrected chi connectivity index (χ0v) is 25.2. The van der Waals surface area contributed by atoms with Gasteiger partial charge in [-0.1, -0.05) is 17.7 Å². The number of nitrogens with one attached hydrogen (secondary N) is 2. The molecule has 1 fully saturated rings. The highest BCUT2D eigenvalue weighted by molar-refractivity contribution is 7.92. The van der Waals surface area contributed by atoms with Gasteiger partial charge in [-0.3, -0.25) is 9.71 Å². The lowest BCUT2D eigenvalue weighted by molar-refractivity contribution is 0.412. The highest BCUT2D eigenvalue weighted by atomic mass is 35.5. The minimum absolute atomic E-state index is 0.238. The average molecular weight is 596 g/mol. The van der Waals surface area contributed by atoms with E-state index in [4.69, 9.17) is 28.6 Å². The molecule has 0 aliphatic carbocycles. The summed E-state index contributed by atoms with van der Waals surface area (Å²) in [6, 6.07) is 18.6. The van der Waals surface area contributed by atoms with E-state index in [2.05, 4.69) is 37.5 Å². The van der Waals surface area contributed by atoms with Gasteiger partial charge in [0.25, 0.3) is 0 Å². The third kappa shape index (κ3) is 5.26. The number of ether oxygens (including phenoxy) is 1. The van der Waals surface area contributed by atoms with Crippen LogP contribution in [0.15, 0.2) is 66.9 Å². The molecule has 11 heteroatoms. The lowest BCUT2D eigenvalue weighted by atomic mass is 9.96. The van der Waals surface area contributed by atoms with E-state index in [0.29, 0.717) is 21.6 Å². The van der Waals surface area contributed by atoms with Crippen molar-refractivity contribution < 1.29 is 13.2 Å². The first-order valence-electron chi connectivity index (χ1n) is 12.6. The third-order valence-corrected chi connectivity index (χ3v) is 8.19. The Hall–Kier alpha value is -3.60. The van der Waals surface area contributed by atoms with Crippen molar-refractivity contribution in [1.82, 2.24) is 14.9 Å². The Morgan fingerprint density at radius 2 is 1.85 bits per heavy atom. The first-order chi connectivity index (χ1) is 19.0. The van der Waals surface area contributed by atoms with Crippen LogP contribution in [0.25, 0.3) is 5.69 Å². The number of aromatic nitrogens is 2. The fourth-order valence-electron chi connectivity index (χ4n) is 5.36. The smallest absolute Gasteiger partial charge is 0.229 e. The van der Waals surface area contributed by atoms with E-state index in [1.165, 1.54) is 0 Å². The van der Waals surface area contributed by atoms with E-state index in [0.717, 1.165) is 45.8 Å². The predicted molar refractivity (Wildman–Crippen MR) is 164 cm³/mol. The van der Waals surface area contributed by atoms with Crippen molar-refractivity contribution >= 4 is 50.3 Å². The SMILES string of the molecule is COc1ccc(Cl)cc1-n1c(C)cc([C@@H]2[C@@H](c3ccccn3)NC(=S)N2c2ccc(NS(C)(=O)=O)c(C)c2)c1C. The molecule has 5 rings (SSSR count). The van der Waals surface area contributed by atoms with Crippen molar-refractivity contribution in [3.8, 4) is 11.4 Å². The molecule has 3 heterocycles. The number of aryl methyl sites for hydroxylation is 2. The van der Waals surface area contributed by atoms with Gasteiger partial charge < -0.3 is 19.5 Å². The summed E-state index contributed by atoms with van der Waals surface area (Å²) in [6.07, 6.45) is 2.91. The fourth-order valence-corrected chi connectivity index (χ4v) is 6.50. The molecule has 0 amide bonds. The van der Waals surface area contributed by atoms with Gasteiger partial charge in [0.1, 0.15) is 5.75 Å². The molecular weight excluding hydrogens is 566 g/mol. The lowest BCUT2D eigenvalue weighted by Gasteiger charge is -2.29. The van der Waals surface area contributed by atoms with E-state index in [1.54, 1.807) is 19.4 Å². The Kier molecular flexibility index (Phi) is 7.52. The van der Waals surface area contributed by atoms with Crippen molar-refractivity contribution in [3.05, 3.63) is 100 Å². The van der Waals surface area contributed by atoms with Crippen LogP contribution in [0.3, 0.4) is 0 Å². The molecule has 2 N–H and O–H groups in total. The Balaban J connectivity index is 1.67. The maximum absolute atomic E-state index is 11.9. The molecule has 1 aliphatic heterocycles. The normalized spacial score (nSPS) is 17.1. The van der Waals surface area contributed by atoms with Crippen LogP contribution in [-0.2, 0) is 10.0 Å². The maximum atomic E-state index is 11.9. The van der Waals surface area contributed by atoms with E-state index in [1.807, 2.05) is 62.4 Å².